The molecule has 0 fully saturated rings. The Morgan fingerprint density at radius 1 is 0.545 bits per heavy atom. The highest BCUT2D eigenvalue weighted by Gasteiger charge is 2.20. The van der Waals surface area contributed by atoms with Crippen LogP contribution in [0.5, 0.6) is 0 Å². The van der Waals surface area contributed by atoms with Gasteiger partial charge in [-0.05, 0) is 22.5 Å². The van der Waals surface area contributed by atoms with E-state index in [0.717, 1.165) is 0 Å². The van der Waals surface area contributed by atoms with Crippen LogP contribution in [0.2, 0.25) is 39.3 Å². The Bertz CT molecular complexity index is 658. The average Bonchev–Trinajstić information content (AvgIpc) is 2.44. The van der Waals surface area contributed by atoms with E-state index >= 15 is 0 Å². The molecule has 0 aliphatic heterocycles. The second-order valence-electron chi connectivity index (χ2n) is 7.84. The van der Waals surface area contributed by atoms with Crippen molar-refractivity contribution >= 4 is 26.5 Å². The van der Waals surface area contributed by atoms with E-state index in [0.29, 0.717) is 0 Å². The van der Waals surface area contributed by atoms with E-state index in [-0.39, 0.29) is 0 Å². The highest BCUT2D eigenvalue weighted by Crippen LogP contribution is 2.08. The van der Waals surface area contributed by atoms with Crippen LogP contribution in [-0.2, 0) is 0 Å². The van der Waals surface area contributed by atoms with Gasteiger partial charge in [0.2, 0.25) is 0 Å². The van der Waals surface area contributed by atoms with Crippen LogP contribution in [0.3, 0.4) is 0 Å². The smallest absolute Gasteiger partial charge is 0.0656 e. The Hall–Kier alpha value is -1.57. The molecule has 0 heterocycles. The first-order valence-electron chi connectivity index (χ1n) is 7.90. The molecule has 2 aromatic carbocycles. The first-order chi connectivity index (χ1) is 10.2. The maximum atomic E-state index is 3.46. The van der Waals surface area contributed by atoms with E-state index in [1.165, 1.54) is 21.5 Å². The van der Waals surface area contributed by atoms with E-state index in [4.69, 9.17) is 0 Å². The van der Waals surface area contributed by atoms with Gasteiger partial charge in [0.25, 0.3) is 0 Å². The summed E-state index contributed by atoms with van der Waals surface area (Å²) >= 11 is 0. The largest absolute Gasteiger partial charge is 0.0792 e. The molecule has 0 aliphatic carbocycles. The maximum Gasteiger partial charge on any atom is 0.0792 e. The molecule has 0 saturated carbocycles. The summed E-state index contributed by atoms with van der Waals surface area (Å²) in [5.41, 5.74) is 2.40. The molecule has 0 aromatic heterocycles. The fourth-order valence-electron chi connectivity index (χ4n) is 2.63. The minimum Gasteiger partial charge on any atom is -0.0656 e. The number of benzene rings is 2. The molecule has 0 N–H and O–H groups in total. The lowest BCUT2D eigenvalue weighted by Gasteiger charge is -2.19. The van der Waals surface area contributed by atoms with Gasteiger partial charge in [-0.25, -0.2) is 0 Å². The molecule has 0 radical (unpaired) electrons. The van der Waals surface area contributed by atoms with Gasteiger partial charge in [0.1, 0.15) is 0 Å². The van der Waals surface area contributed by atoms with Gasteiger partial charge in [-0.3, -0.25) is 0 Å². The van der Waals surface area contributed by atoms with Crippen LogP contribution in [0.25, 0.3) is 0 Å². The molecular formula is C20H26Si2. The van der Waals surface area contributed by atoms with Crippen molar-refractivity contribution in [1.82, 2.24) is 0 Å². The maximum absolute atomic E-state index is 3.46. The number of hydrogen-bond acceptors (Lipinski definition) is 0. The van der Waals surface area contributed by atoms with E-state index in [9.17, 15) is 0 Å². The molecule has 2 rings (SSSR count). The van der Waals surface area contributed by atoms with Crippen molar-refractivity contribution in [3.63, 3.8) is 0 Å². The SMILES string of the molecule is C[Si](C)(C)c1ccccc1C#Cc1ccccc1[Si](C)(C)C. The van der Waals surface area contributed by atoms with E-state index < -0.39 is 16.1 Å². The fourth-order valence-corrected chi connectivity index (χ4v) is 5.73. The number of rotatable bonds is 2. The van der Waals surface area contributed by atoms with Crippen molar-refractivity contribution < 1.29 is 0 Å². The molecule has 0 aliphatic rings. The first-order valence-corrected chi connectivity index (χ1v) is 14.9. The van der Waals surface area contributed by atoms with Gasteiger partial charge in [0.05, 0.1) is 16.1 Å². The van der Waals surface area contributed by atoms with Gasteiger partial charge in [0, 0.05) is 11.1 Å². The summed E-state index contributed by atoms with van der Waals surface area (Å²) < 4.78 is 0. The fraction of sp³-hybridized carbons (Fsp3) is 0.300. The Balaban J connectivity index is 2.50. The molecule has 0 unspecified atom stereocenters. The minimum atomic E-state index is -1.36. The first kappa shape index (κ1) is 16.8. The molecule has 22 heavy (non-hydrogen) atoms. The van der Waals surface area contributed by atoms with E-state index in [1.54, 1.807) is 0 Å². The van der Waals surface area contributed by atoms with Crippen molar-refractivity contribution in [1.29, 1.82) is 0 Å². The van der Waals surface area contributed by atoms with Crippen molar-refractivity contribution in [2.24, 2.45) is 0 Å². The molecule has 2 heteroatoms. The highest BCUT2D eigenvalue weighted by molar-refractivity contribution is 6.89. The van der Waals surface area contributed by atoms with Crippen LogP contribution < -0.4 is 10.4 Å². The van der Waals surface area contributed by atoms with Gasteiger partial charge >= 0.3 is 0 Å². The minimum absolute atomic E-state index is 1.20. The molecule has 114 valence electrons. The Morgan fingerprint density at radius 2 is 0.864 bits per heavy atom. The Morgan fingerprint density at radius 3 is 1.18 bits per heavy atom. The number of hydrogen-bond donors (Lipinski definition) is 0. The third-order valence-corrected chi connectivity index (χ3v) is 7.91. The Kier molecular flexibility index (Phi) is 4.79. The van der Waals surface area contributed by atoms with Gasteiger partial charge in [-0.2, -0.15) is 0 Å². The molecule has 0 spiro atoms. The van der Waals surface area contributed by atoms with Crippen molar-refractivity contribution in [2.75, 3.05) is 0 Å². The predicted octanol–water partition coefficient (Wildman–Crippen LogP) is 4.18. The van der Waals surface area contributed by atoms with Gasteiger partial charge in [0.15, 0.2) is 0 Å². The zero-order chi connectivity index (χ0) is 16.4. The summed E-state index contributed by atoms with van der Waals surface area (Å²) in [5, 5.41) is 2.90. The monoisotopic (exact) mass is 322 g/mol. The summed E-state index contributed by atoms with van der Waals surface area (Å²) in [6.07, 6.45) is 0. The van der Waals surface area contributed by atoms with Crippen LogP contribution in [-0.4, -0.2) is 16.1 Å². The van der Waals surface area contributed by atoms with Gasteiger partial charge in [-0.15, -0.1) is 0 Å². The second-order valence-corrected chi connectivity index (χ2v) is 17.9. The standard InChI is InChI=1S/C20H26Si2/c1-21(2,3)19-13-9-7-11-17(19)15-16-18-12-8-10-14-20(18)22(4,5)6/h7-14H,1-6H3. The second kappa shape index (κ2) is 6.28. The van der Waals surface area contributed by atoms with Crippen LogP contribution in [0, 0.1) is 11.8 Å². The lowest BCUT2D eigenvalue weighted by Crippen LogP contribution is -2.40. The van der Waals surface area contributed by atoms with Crippen LogP contribution in [0.1, 0.15) is 11.1 Å². The van der Waals surface area contributed by atoms with Gasteiger partial charge in [-0.1, -0.05) is 87.5 Å². The zero-order valence-corrected chi connectivity index (χ0v) is 16.6. The van der Waals surface area contributed by atoms with E-state index in [1.807, 2.05) is 0 Å². The topological polar surface area (TPSA) is 0 Å². The summed E-state index contributed by atoms with van der Waals surface area (Å²) in [4.78, 5) is 0. The van der Waals surface area contributed by atoms with E-state index in [2.05, 4.69) is 99.7 Å². The lowest BCUT2D eigenvalue weighted by atomic mass is 10.2. The van der Waals surface area contributed by atoms with Crippen LogP contribution in [0.15, 0.2) is 48.5 Å². The summed E-state index contributed by atoms with van der Waals surface area (Å²) in [5.74, 6) is 6.91. The quantitative estimate of drug-likeness (QED) is 0.575. The predicted molar refractivity (Wildman–Crippen MR) is 105 cm³/mol. The third-order valence-electron chi connectivity index (χ3n) is 3.80. The lowest BCUT2D eigenvalue weighted by molar-refractivity contribution is 1.62. The zero-order valence-electron chi connectivity index (χ0n) is 14.6. The summed E-state index contributed by atoms with van der Waals surface area (Å²) in [6, 6.07) is 17.3. The normalized spacial score (nSPS) is 11.7. The highest BCUT2D eigenvalue weighted by atomic mass is 28.3. The average molecular weight is 323 g/mol. The molecule has 2 aromatic rings. The van der Waals surface area contributed by atoms with Crippen molar-refractivity contribution in [3.8, 4) is 11.8 Å². The molecule has 0 atom stereocenters. The molecule has 0 saturated heterocycles. The summed E-state index contributed by atoms with van der Waals surface area (Å²) in [7, 11) is -2.72. The molecule has 0 bridgehead atoms. The van der Waals surface area contributed by atoms with Crippen molar-refractivity contribution in [3.05, 3.63) is 59.7 Å². The van der Waals surface area contributed by atoms with Crippen LogP contribution in [0.4, 0.5) is 0 Å². The van der Waals surface area contributed by atoms with Gasteiger partial charge < -0.3 is 0 Å². The molecule has 0 nitrogen and oxygen atoms in total. The third kappa shape index (κ3) is 4.00. The Labute approximate surface area is 137 Å². The molecule has 0 amide bonds. The van der Waals surface area contributed by atoms with Crippen LogP contribution >= 0.6 is 0 Å². The summed E-state index contributed by atoms with van der Waals surface area (Å²) in [6.45, 7) is 14.3. The van der Waals surface area contributed by atoms with Crippen molar-refractivity contribution in [2.45, 2.75) is 39.3 Å². The molecular weight excluding hydrogens is 296 g/mol.